The van der Waals surface area contributed by atoms with Gasteiger partial charge in [-0.1, -0.05) is 155 Å². The summed E-state index contributed by atoms with van der Waals surface area (Å²) in [7, 11) is 6.83. The fourth-order valence-corrected chi connectivity index (χ4v) is 15.4. The molecule has 89 heavy (non-hydrogen) atoms. The Morgan fingerprint density at radius 3 is 1.44 bits per heavy atom. The first-order valence-corrected chi connectivity index (χ1v) is 34.0. The van der Waals surface area contributed by atoms with Gasteiger partial charge in [0.05, 0.1) is 64.9 Å². The molecular formula is C78H86O9S2. The van der Waals surface area contributed by atoms with Gasteiger partial charge in [-0.25, -0.2) is 0 Å². The summed E-state index contributed by atoms with van der Waals surface area (Å²) < 4.78 is 50.7. The minimum Gasteiger partial charge on any atom is -0.493 e. The van der Waals surface area contributed by atoms with E-state index in [2.05, 4.69) is 204 Å². The van der Waals surface area contributed by atoms with Gasteiger partial charge in [-0.15, -0.1) is 5.73 Å². The Morgan fingerprint density at radius 1 is 0.539 bits per heavy atom. The van der Waals surface area contributed by atoms with E-state index < -0.39 is 28.1 Å². The molecule has 7 aromatic carbocycles. The van der Waals surface area contributed by atoms with Gasteiger partial charge >= 0.3 is 0 Å². The van der Waals surface area contributed by atoms with Gasteiger partial charge in [0.1, 0.15) is 24.1 Å². The van der Waals surface area contributed by atoms with Crippen molar-refractivity contribution in [1.29, 1.82) is 0 Å². The molecule has 0 amide bonds. The number of fused-ring (bicyclic) bond motifs is 2. The fraction of sp³-hybridized carbons (Fsp3) is 0.397. The molecule has 0 aromatic heterocycles. The average molecular weight is 1230 g/mol. The minimum atomic E-state index is -0.896. The first-order valence-electron chi connectivity index (χ1n) is 31.9. The first kappa shape index (κ1) is 62.5. The molecule has 2 heterocycles. The quantitative estimate of drug-likeness (QED) is 0.0375. The molecule has 3 aliphatic carbocycles. The van der Waals surface area contributed by atoms with Crippen molar-refractivity contribution in [3.05, 3.63) is 248 Å². The lowest BCUT2D eigenvalue weighted by Gasteiger charge is -2.37. The lowest BCUT2D eigenvalue weighted by atomic mass is 9.68. The summed E-state index contributed by atoms with van der Waals surface area (Å²) in [5, 5.41) is 12.9. The number of hydrogen-bond donors (Lipinski definition) is 1. The van der Waals surface area contributed by atoms with Crippen molar-refractivity contribution in [3.63, 3.8) is 0 Å². The average Bonchev–Trinajstić information content (AvgIpc) is 1.59. The van der Waals surface area contributed by atoms with Crippen LogP contribution in [0.15, 0.2) is 187 Å². The molecule has 464 valence electrons. The second kappa shape index (κ2) is 26.3. The van der Waals surface area contributed by atoms with E-state index in [4.69, 9.17) is 37.9 Å². The largest absolute Gasteiger partial charge is 0.493 e. The number of aliphatic hydroxyl groups excluding tert-OH is 1. The molecule has 9 nitrogen and oxygen atoms in total. The smallest absolute Gasteiger partial charge is 0.161 e. The second-order valence-corrected chi connectivity index (χ2v) is 27.5. The Hall–Kier alpha value is -6.66. The van der Waals surface area contributed by atoms with Crippen molar-refractivity contribution in [1.82, 2.24) is 0 Å². The second-order valence-electron chi connectivity index (χ2n) is 24.8. The molecule has 12 rings (SSSR count). The number of rotatable bonds is 28. The monoisotopic (exact) mass is 1230 g/mol. The molecule has 8 atom stereocenters. The number of aliphatic hydroxyl groups is 1. The lowest BCUT2D eigenvalue weighted by molar-refractivity contribution is -0.0961. The van der Waals surface area contributed by atoms with E-state index in [0.717, 1.165) is 65.9 Å². The van der Waals surface area contributed by atoms with E-state index in [1.807, 2.05) is 35.7 Å². The van der Waals surface area contributed by atoms with E-state index in [9.17, 15) is 5.11 Å². The molecule has 0 bridgehead atoms. The van der Waals surface area contributed by atoms with Crippen LogP contribution in [-0.2, 0) is 36.2 Å². The molecule has 1 N–H and O–H groups in total. The highest BCUT2D eigenvalue weighted by molar-refractivity contribution is 8.07. The van der Waals surface area contributed by atoms with Crippen LogP contribution in [0.4, 0.5) is 0 Å². The molecular weight excluding hydrogens is 1140 g/mol. The fourth-order valence-electron chi connectivity index (χ4n) is 14.6. The van der Waals surface area contributed by atoms with Crippen LogP contribution >= 0.6 is 23.5 Å². The van der Waals surface area contributed by atoms with E-state index in [0.29, 0.717) is 58.7 Å². The lowest BCUT2D eigenvalue weighted by Crippen LogP contribution is -2.34. The van der Waals surface area contributed by atoms with Crippen molar-refractivity contribution < 1.29 is 43.0 Å². The number of hydrogen-bond acceptors (Lipinski definition) is 11. The third kappa shape index (κ3) is 12.0. The zero-order valence-electron chi connectivity index (χ0n) is 53.1. The predicted molar refractivity (Wildman–Crippen MR) is 360 cm³/mol. The molecule has 8 unspecified atom stereocenters. The van der Waals surface area contributed by atoms with E-state index in [-0.39, 0.29) is 30.7 Å². The Balaban J connectivity index is 0.815. The van der Waals surface area contributed by atoms with Gasteiger partial charge < -0.3 is 43.0 Å². The Labute approximate surface area is 536 Å². The summed E-state index contributed by atoms with van der Waals surface area (Å²) in [5.74, 6) is 5.91. The maximum Gasteiger partial charge on any atom is 0.161 e. The third-order valence-electron chi connectivity index (χ3n) is 20.1. The van der Waals surface area contributed by atoms with Crippen molar-refractivity contribution in [3.8, 4) is 28.7 Å². The molecule has 0 radical (unpaired) electrons. The summed E-state index contributed by atoms with van der Waals surface area (Å²) in [5.41, 5.74) is 15.1. The normalized spacial score (nSPS) is 23.5. The van der Waals surface area contributed by atoms with Crippen LogP contribution < -0.4 is 23.7 Å². The van der Waals surface area contributed by atoms with Crippen LogP contribution in [0.5, 0.6) is 28.7 Å². The topological polar surface area (TPSA) is 94.1 Å². The molecule has 2 fully saturated rings. The van der Waals surface area contributed by atoms with E-state index >= 15 is 0 Å². The number of benzene rings is 7. The highest BCUT2D eigenvalue weighted by atomic mass is 32.2. The highest BCUT2D eigenvalue weighted by Crippen LogP contribution is 2.61. The minimum absolute atomic E-state index is 0.0565. The van der Waals surface area contributed by atoms with Crippen LogP contribution in [-0.4, -0.2) is 93.7 Å². The summed E-state index contributed by atoms with van der Waals surface area (Å²) in [4.78, 5) is 0. The van der Waals surface area contributed by atoms with Gasteiger partial charge in [0.15, 0.2) is 23.0 Å². The van der Waals surface area contributed by atoms with Gasteiger partial charge in [0, 0.05) is 44.8 Å². The van der Waals surface area contributed by atoms with Gasteiger partial charge in [-0.05, 0) is 155 Å². The summed E-state index contributed by atoms with van der Waals surface area (Å²) >= 11 is 3.92. The van der Waals surface area contributed by atoms with Crippen LogP contribution in [0, 0.1) is 0 Å². The Bertz CT molecular complexity index is 3680. The third-order valence-corrected chi connectivity index (χ3v) is 22.0. The van der Waals surface area contributed by atoms with Gasteiger partial charge in [-0.3, -0.25) is 0 Å². The zero-order valence-corrected chi connectivity index (χ0v) is 54.8. The number of methoxy groups -OCH3 is 4. The van der Waals surface area contributed by atoms with Gasteiger partial charge in [0.2, 0.25) is 0 Å². The van der Waals surface area contributed by atoms with E-state index in [1.54, 1.807) is 28.4 Å². The first-order chi connectivity index (χ1) is 43.3. The summed E-state index contributed by atoms with van der Waals surface area (Å²) in [6.45, 7) is 12.6. The van der Waals surface area contributed by atoms with Crippen LogP contribution in [0.2, 0.25) is 0 Å². The molecule has 2 aliphatic heterocycles. The molecule has 7 aromatic rings. The molecule has 2 saturated heterocycles. The molecule has 0 spiro atoms. The molecule has 11 heteroatoms. The van der Waals surface area contributed by atoms with Crippen molar-refractivity contribution in [2.75, 3.05) is 66.4 Å². The van der Waals surface area contributed by atoms with Crippen molar-refractivity contribution >= 4 is 23.5 Å². The van der Waals surface area contributed by atoms with Crippen LogP contribution in [0.25, 0.3) is 0 Å². The number of allylic oxidation sites excluding steroid dienone is 1. The SMILES string of the molecule is CCC(CC)(OCC(O)COc1ccc(C2(c3ccc(C(CC)(CC)OCC4CS4)cc3)CC(c3ccccc3)c3cc(OC)c(OC)cc32)cc1)c1ccc(C2(C3=C=CC(C)(OCC4CS4)C=C3)CC(c3ccccc3)c3cc(OC)c(OC)cc32)cc1. The van der Waals surface area contributed by atoms with Crippen LogP contribution in [0.1, 0.15) is 146 Å². The van der Waals surface area contributed by atoms with Crippen LogP contribution in [0.3, 0.4) is 0 Å². The molecule has 0 saturated carbocycles. The van der Waals surface area contributed by atoms with E-state index in [1.165, 1.54) is 44.7 Å². The molecule has 5 aliphatic rings. The Morgan fingerprint density at radius 2 is 0.978 bits per heavy atom. The Kier molecular flexibility index (Phi) is 18.5. The van der Waals surface area contributed by atoms with Gasteiger partial charge in [0.25, 0.3) is 0 Å². The highest BCUT2D eigenvalue weighted by Gasteiger charge is 2.51. The van der Waals surface area contributed by atoms with Crippen molar-refractivity contribution in [2.45, 2.75) is 129 Å². The maximum absolute atomic E-state index is 11.8. The summed E-state index contributed by atoms with van der Waals surface area (Å²) in [6.07, 6.45) is 10.4. The maximum atomic E-state index is 11.8. The van der Waals surface area contributed by atoms with Crippen molar-refractivity contribution in [2.24, 2.45) is 0 Å². The number of ether oxygens (including phenoxy) is 8. The van der Waals surface area contributed by atoms with Gasteiger partial charge in [-0.2, -0.15) is 23.5 Å². The number of thioether (sulfide) groups is 2. The predicted octanol–water partition coefficient (Wildman–Crippen LogP) is 16.6. The standard InChI is InChI=1S/C78H86O9S2/c1-10-75(11-2,54-24-30-57(31-25-54)78(59-36-38-74(5,39-37-59)85-48-62-50-88-62)45-67(53-22-18-15-19-23-53)65-41-71(81-7)73(83-9)43-69(65)78)86-47-60(79)46-84-61-34-32-58(33-35-61)77(56-28-26-55(27-29-56)76(12-3,13-4)87-49-63-51-89-63)44-66(52-20-16-14-17-21-52)64-40-70(80-6)72(82-8)42-68(64)77/h14-36,38-43,60,62-63,66-67,79H,10-13,44-51H2,1-9H3. The summed E-state index contributed by atoms with van der Waals surface area (Å²) in [6, 6.07) is 57.1. The zero-order chi connectivity index (χ0) is 62.0.